The van der Waals surface area contributed by atoms with Gasteiger partial charge in [-0.3, -0.25) is 9.40 Å². The molecule has 7 heteroatoms. The van der Waals surface area contributed by atoms with Crippen molar-refractivity contribution in [1.82, 2.24) is 9.55 Å². The summed E-state index contributed by atoms with van der Waals surface area (Å²) in [4.78, 5) is 18.2. The highest BCUT2D eigenvalue weighted by atomic mass is 16.6. The molecule has 1 N–H and O–H groups in total. The number of nitrogens with one attached hydrogen (secondary N) is 1. The van der Waals surface area contributed by atoms with Crippen LogP contribution in [-0.4, -0.2) is 21.1 Å². The molecule has 0 spiro atoms. The van der Waals surface area contributed by atoms with Gasteiger partial charge in [0.15, 0.2) is 0 Å². The van der Waals surface area contributed by atoms with Crippen molar-refractivity contribution in [3.8, 4) is 12.3 Å². The molecule has 0 aliphatic carbocycles. The van der Waals surface area contributed by atoms with Crippen LogP contribution in [0.15, 0.2) is 6.33 Å². The number of aryl methyl sites for hydroxylation is 1. The predicted molar refractivity (Wildman–Crippen MR) is 48.3 cm³/mol. The van der Waals surface area contributed by atoms with Crippen molar-refractivity contribution in [3.63, 3.8) is 0 Å². The fraction of sp³-hybridized carbons (Fsp3) is 0.286. The minimum atomic E-state index is -0.610. The molecule has 1 aromatic heterocycles. The van der Waals surface area contributed by atoms with Crippen LogP contribution >= 0.6 is 0 Å². The number of imidazole rings is 1. The third-order valence-electron chi connectivity index (χ3n) is 1.42. The number of terminal acetylenes is 1. The molecule has 7 nitrogen and oxygen atoms in total. The summed E-state index contributed by atoms with van der Waals surface area (Å²) in [5.41, 5.74) is 2.36. The summed E-state index contributed by atoms with van der Waals surface area (Å²) in [5.74, 6) is 2.07. The van der Waals surface area contributed by atoms with Crippen LogP contribution in [0.3, 0.4) is 0 Å². The first-order chi connectivity index (χ1) is 6.66. The molecule has 1 heterocycles. The smallest absolute Gasteiger partial charge is 0.358 e. The van der Waals surface area contributed by atoms with Crippen LogP contribution in [0.4, 0.5) is 11.6 Å². The van der Waals surface area contributed by atoms with Crippen molar-refractivity contribution in [3.05, 3.63) is 16.4 Å². The SMILES string of the molecule is C#CCONc1c([N+](=O)[O-])ncn1C. The summed E-state index contributed by atoms with van der Waals surface area (Å²) >= 11 is 0. The molecule has 0 saturated carbocycles. The van der Waals surface area contributed by atoms with E-state index in [9.17, 15) is 10.1 Å². The Hall–Kier alpha value is -2.07. The van der Waals surface area contributed by atoms with E-state index in [1.54, 1.807) is 7.05 Å². The van der Waals surface area contributed by atoms with Gasteiger partial charge in [0.1, 0.15) is 6.61 Å². The summed E-state index contributed by atoms with van der Waals surface area (Å²) in [7, 11) is 1.60. The molecule has 0 aliphatic heterocycles. The number of hydrogen-bond acceptors (Lipinski definition) is 5. The molecular formula is C7H8N4O3. The van der Waals surface area contributed by atoms with Gasteiger partial charge in [0.2, 0.25) is 12.1 Å². The highest BCUT2D eigenvalue weighted by Gasteiger charge is 2.19. The number of anilines is 1. The number of rotatable bonds is 4. The van der Waals surface area contributed by atoms with E-state index >= 15 is 0 Å². The first-order valence-corrected chi connectivity index (χ1v) is 3.63. The Morgan fingerprint density at radius 1 is 1.93 bits per heavy atom. The maximum absolute atomic E-state index is 10.5. The molecule has 0 radical (unpaired) electrons. The third-order valence-corrected chi connectivity index (χ3v) is 1.42. The minimum Gasteiger partial charge on any atom is -0.358 e. The van der Waals surface area contributed by atoms with E-state index in [0.717, 1.165) is 0 Å². The second-order valence-electron chi connectivity index (χ2n) is 2.38. The molecule has 0 atom stereocenters. The summed E-state index contributed by atoms with van der Waals surface area (Å²) in [5, 5.41) is 10.5. The summed E-state index contributed by atoms with van der Waals surface area (Å²) in [6.45, 7) is 0.0162. The van der Waals surface area contributed by atoms with Crippen LogP contribution in [-0.2, 0) is 11.9 Å². The molecule has 0 saturated heterocycles. The number of nitro groups is 1. The molecule has 0 bridgehead atoms. The van der Waals surface area contributed by atoms with Gasteiger partial charge in [-0.05, 0) is 9.91 Å². The molecule has 0 unspecified atom stereocenters. The average Bonchev–Trinajstić information content (AvgIpc) is 2.48. The van der Waals surface area contributed by atoms with E-state index in [4.69, 9.17) is 11.3 Å². The molecule has 0 amide bonds. The van der Waals surface area contributed by atoms with E-state index in [1.165, 1.54) is 10.9 Å². The Balaban J connectivity index is 2.79. The Morgan fingerprint density at radius 2 is 2.64 bits per heavy atom. The predicted octanol–water partition coefficient (Wildman–Crippen LogP) is 0.305. The highest BCUT2D eigenvalue weighted by molar-refractivity contribution is 5.50. The van der Waals surface area contributed by atoms with Gasteiger partial charge < -0.3 is 10.1 Å². The largest absolute Gasteiger partial charge is 0.408 e. The Labute approximate surface area is 79.8 Å². The van der Waals surface area contributed by atoms with Crippen molar-refractivity contribution in [2.45, 2.75) is 0 Å². The zero-order valence-corrected chi connectivity index (χ0v) is 7.43. The van der Waals surface area contributed by atoms with Crippen molar-refractivity contribution in [2.75, 3.05) is 12.1 Å². The van der Waals surface area contributed by atoms with Crippen LogP contribution in [0.25, 0.3) is 0 Å². The molecule has 1 aromatic rings. The lowest BCUT2D eigenvalue weighted by atomic mass is 10.6. The summed E-state index contributed by atoms with van der Waals surface area (Å²) in [6, 6.07) is 0. The minimum absolute atomic E-state index is 0.0162. The zero-order chi connectivity index (χ0) is 10.6. The van der Waals surface area contributed by atoms with Crippen LogP contribution < -0.4 is 5.48 Å². The second kappa shape index (κ2) is 4.25. The van der Waals surface area contributed by atoms with E-state index in [1.807, 2.05) is 0 Å². The lowest BCUT2D eigenvalue weighted by molar-refractivity contribution is -0.388. The van der Waals surface area contributed by atoms with Crippen LogP contribution in [0, 0.1) is 22.5 Å². The van der Waals surface area contributed by atoms with Gasteiger partial charge in [-0.15, -0.1) is 6.42 Å². The Bertz CT molecular complexity index is 379. The van der Waals surface area contributed by atoms with Gasteiger partial charge in [0, 0.05) is 7.05 Å². The normalized spacial score (nSPS) is 9.43. The van der Waals surface area contributed by atoms with Gasteiger partial charge in [-0.25, -0.2) is 5.48 Å². The fourth-order valence-electron chi connectivity index (χ4n) is 0.815. The first kappa shape index (κ1) is 10.0. The third kappa shape index (κ3) is 1.99. The molecule has 0 aromatic carbocycles. The quantitative estimate of drug-likeness (QED) is 0.324. The lowest BCUT2D eigenvalue weighted by Gasteiger charge is -2.03. The molecule has 0 aliphatic rings. The zero-order valence-electron chi connectivity index (χ0n) is 7.43. The van der Waals surface area contributed by atoms with Crippen LogP contribution in [0.5, 0.6) is 0 Å². The topological polar surface area (TPSA) is 82.2 Å². The molecular weight excluding hydrogens is 188 g/mol. The summed E-state index contributed by atoms with van der Waals surface area (Å²) < 4.78 is 1.43. The van der Waals surface area contributed by atoms with Crippen molar-refractivity contribution in [1.29, 1.82) is 0 Å². The fourth-order valence-corrected chi connectivity index (χ4v) is 0.815. The standard InChI is InChI=1S/C7H8N4O3/c1-3-4-14-9-7-6(11(12)13)8-5-10(7)2/h1,5,9H,4H2,2H3. The lowest BCUT2D eigenvalue weighted by Crippen LogP contribution is -2.06. The van der Waals surface area contributed by atoms with E-state index in [2.05, 4.69) is 16.4 Å². The number of aromatic nitrogens is 2. The van der Waals surface area contributed by atoms with Gasteiger partial charge >= 0.3 is 5.82 Å². The first-order valence-electron chi connectivity index (χ1n) is 3.63. The van der Waals surface area contributed by atoms with Gasteiger partial charge in [0.05, 0.1) is 0 Å². The average molecular weight is 196 g/mol. The van der Waals surface area contributed by atoms with E-state index < -0.39 is 4.92 Å². The Morgan fingerprint density at radius 3 is 3.21 bits per heavy atom. The molecule has 74 valence electrons. The Kier molecular flexibility index (Phi) is 3.04. The number of nitrogens with zero attached hydrogens (tertiary/aromatic N) is 3. The van der Waals surface area contributed by atoms with E-state index in [-0.39, 0.29) is 18.2 Å². The maximum Gasteiger partial charge on any atom is 0.408 e. The van der Waals surface area contributed by atoms with Crippen molar-refractivity contribution < 1.29 is 9.76 Å². The van der Waals surface area contributed by atoms with Crippen molar-refractivity contribution >= 4 is 11.6 Å². The monoisotopic (exact) mass is 196 g/mol. The van der Waals surface area contributed by atoms with E-state index in [0.29, 0.717) is 0 Å². The maximum atomic E-state index is 10.5. The van der Waals surface area contributed by atoms with Crippen LogP contribution in [0.2, 0.25) is 0 Å². The van der Waals surface area contributed by atoms with Crippen molar-refractivity contribution in [2.24, 2.45) is 7.05 Å². The number of hydrogen-bond donors (Lipinski definition) is 1. The van der Waals surface area contributed by atoms with Crippen LogP contribution in [0.1, 0.15) is 0 Å². The van der Waals surface area contributed by atoms with Gasteiger partial charge in [0.25, 0.3) is 0 Å². The molecule has 14 heavy (non-hydrogen) atoms. The van der Waals surface area contributed by atoms with Gasteiger partial charge in [-0.1, -0.05) is 5.92 Å². The summed E-state index contributed by atoms with van der Waals surface area (Å²) in [6.07, 6.45) is 6.24. The molecule has 1 rings (SSSR count). The highest BCUT2D eigenvalue weighted by Crippen LogP contribution is 2.20. The second-order valence-corrected chi connectivity index (χ2v) is 2.38. The molecule has 0 fully saturated rings. The van der Waals surface area contributed by atoms with Gasteiger partial charge in [-0.2, -0.15) is 0 Å².